The van der Waals surface area contributed by atoms with E-state index in [-0.39, 0.29) is 46.5 Å². The van der Waals surface area contributed by atoms with Gasteiger partial charge in [0.1, 0.15) is 6.10 Å². The summed E-state index contributed by atoms with van der Waals surface area (Å²) < 4.78 is 0. The number of likely N-dealkylation sites (N-methyl/N-ethyl adjacent to an activating group) is 1. The second-order valence-electron chi connectivity index (χ2n) is 8.59. The Bertz CT molecular complexity index is 1200. The van der Waals surface area contributed by atoms with Crippen LogP contribution in [0, 0.1) is 6.07 Å². The van der Waals surface area contributed by atoms with Crippen molar-refractivity contribution >= 4 is 10.8 Å². The summed E-state index contributed by atoms with van der Waals surface area (Å²) in [5.41, 5.74) is 4.50. The number of benzene rings is 4. The average Bonchev–Trinajstić information content (AvgIpc) is 3.32. The van der Waals surface area contributed by atoms with Gasteiger partial charge in [-0.05, 0) is 30.8 Å². The van der Waals surface area contributed by atoms with E-state index in [1.807, 2.05) is 60.7 Å². The smallest absolute Gasteiger partial charge is 1.00 e. The molecule has 183 valence electrons. The molecule has 0 fully saturated rings. The maximum atomic E-state index is 9.99. The van der Waals surface area contributed by atoms with Gasteiger partial charge in [-0.15, -0.1) is 46.7 Å². The first-order valence-corrected chi connectivity index (χ1v) is 11.3. The minimum Gasteiger partial charge on any atom is -1.00 e. The average molecular weight is 551 g/mol. The molecule has 0 saturated heterocycles. The molecule has 5 heteroatoms. The molecule has 0 aromatic heterocycles. The van der Waals surface area contributed by atoms with Gasteiger partial charge in [0.15, 0.2) is 0 Å². The maximum Gasteiger partial charge on any atom is 3.00 e. The van der Waals surface area contributed by atoms with Crippen molar-refractivity contribution in [2.24, 2.45) is 0 Å². The summed E-state index contributed by atoms with van der Waals surface area (Å²) in [6, 6.07) is 35.6. The number of rotatable bonds is 5. The zero-order chi connectivity index (χ0) is 23.0. The molecule has 0 bridgehead atoms. The van der Waals surface area contributed by atoms with Gasteiger partial charge < -0.3 is 34.8 Å². The largest absolute Gasteiger partial charge is 3.00 e. The van der Waals surface area contributed by atoms with Crippen LogP contribution < -0.4 is 24.8 Å². The molecule has 2 nitrogen and oxygen atoms in total. The van der Waals surface area contributed by atoms with Crippen LogP contribution in [0.15, 0.2) is 121 Å². The number of allylic oxidation sites excluding steroid dienone is 2. The Kier molecular flexibility index (Phi) is 14.0. The predicted octanol–water partition coefficient (Wildman–Crippen LogP) is 0.555. The van der Waals surface area contributed by atoms with Gasteiger partial charge >= 0.3 is 21.7 Å². The summed E-state index contributed by atoms with van der Waals surface area (Å²) >= 11 is 0. The second-order valence-corrected chi connectivity index (χ2v) is 8.59. The Hall–Kier alpha value is -2.17. The van der Waals surface area contributed by atoms with Crippen LogP contribution in [-0.4, -0.2) is 30.6 Å². The fourth-order valence-electron chi connectivity index (χ4n) is 4.02. The summed E-state index contributed by atoms with van der Waals surface area (Å²) in [5.74, 6) is 0.375. The number of nitrogens with zero attached hydrogens (tertiary/aromatic N) is 1. The minimum atomic E-state index is -0.516. The molecule has 36 heavy (non-hydrogen) atoms. The molecule has 4 aromatic carbocycles. The topological polar surface area (TPSA) is 23.5 Å². The maximum absolute atomic E-state index is 9.99. The van der Waals surface area contributed by atoms with Crippen molar-refractivity contribution in [3.63, 3.8) is 0 Å². The summed E-state index contributed by atoms with van der Waals surface area (Å²) in [7, 11) is 4.20. The number of halogens is 2. The molecule has 1 aliphatic carbocycles. The van der Waals surface area contributed by atoms with E-state index >= 15 is 0 Å². The monoisotopic (exact) mass is 550 g/mol. The Morgan fingerprint density at radius 2 is 1.33 bits per heavy atom. The van der Waals surface area contributed by atoms with Crippen molar-refractivity contribution in [3.8, 4) is 0 Å². The fraction of sp³-hybridized carbons (Fsp3) is 0.161. The third-order valence-corrected chi connectivity index (χ3v) is 5.68. The molecule has 4 aromatic rings. The molecule has 0 spiro atoms. The Morgan fingerprint density at radius 1 is 0.778 bits per heavy atom. The van der Waals surface area contributed by atoms with Crippen LogP contribution in [0.1, 0.15) is 28.7 Å². The van der Waals surface area contributed by atoms with Crippen molar-refractivity contribution in [2.75, 3.05) is 20.6 Å². The number of hydrogen-bond donors (Lipinski definition) is 1. The number of fused-ring (bicyclic) bond motifs is 1. The van der Waals surface area contributed by atoms with Gasteiger partial charge in [0.05, 0.1) is 0 Å². The van der Waals surface area contributed by atoms with E-state index in [1.165, 1.54) is 21.9 Å². The van der Waals surface area contributed by atoms with Crippen LogP contribution in [0.25, 0.3) is 10.8 Å². The van der Waals surface area contributed by atoms with Crippen molar-refractivity contribution in [1.29, 1.82) is 0 Å². The minimum absolute atomic E-state index is 0. The Morgan fingerprint density at radius 3 is 1.92 bits per heavy atom. The van der Waals surface area contributed by atoms with Crippen molar-refractivity contribution in [3.05, 3.63) is 144 Å². The number of aliphatic hydroxyl groups is 1. The van der Waals surface area contributed by atoms with Gasteiger partial charge in [-0.2, -0.15) is 0 Å². The molecule has 1 radical (unpaired) electrons. The SMILES string of the molecule is CN(C)CC1=CC(c2[c-]c3ccccc3cc2)C=C1.OC(c1ccccc1)c1ccccc1.[Cl-].[Cl-].[Ti+3]. The predicted molar refractivity (Wildman–Crippen MR) is 138 cm³/mol. The molecule has 1 N–H and O–H groups in total. The van der Waals surface area contributed by atoms with Crippen LogP contribution in [-0.2, 0) is 21.7 Å². The zero-order valence-electron chi connectivity index (χ0n) is 20.5. The zero-order valence-corrected chi connectivity index (χ0v) is 23.6. The van der Waals surface area contributed by atoms with Crippen LogP contribution in [0.2, 0.25) is 0 Å². The molecule has 1 aliphatic rings. The first kappa shape index (κ1) is 31.9. The molecule has 1 atom stereocenters. The van der Waals surface area contributed by atoms with E-state index in [0.29, 0.717) is 5.92 Å². The van der Waals surface area contributed by atoms with Crippen molar-refractivity contribution < 1.29 is 51.6 Å². The van der Waals surface area contributed by atoms with Gasteiger partial charge in [0, 0.05) is 12.5 Å². The summed E-state index contributed by atoms with van der Waals surface area (Å²) in [6.07, 6.45) is 6.31. The second kappa shape index (κ2) is 15.8. The summed E-state index contributed by atoms with van der Waals surface area (Å²) in [5, 5.41) is 12.4. The van der Waals surface area contributed by atoms with Gasteiger partial charge in [0.25, 0.3) is 0 Å². The molecule has 0 aliphatic heterocycles. The Labute approximate surface area is 242 Å². The van der Waals surface area contributed by atoms with Gasteiger partial charge in [-0.25, -0.2) is 0 Å². The van der Waals surface area contributed by atoms with Crippen molar-refractivity contribution in [1.82, 2.24) is 4.90 Å². The van der Waals surface area contributed by atoms with Crippen LogP contribution >= 0.6 is 0 Å². The van der Waals surface area contributed by atoms with Gasteiger partial charge in [-0.1, -0.05) is 91.0 Å². The van der Waals surface area contributed by atoms with E-state index in [1.54, 1.807) is 0 Å². The van der Waals surface area contributed by atoms with E-state index in [0.717, 1.165) is 17.7 Å². The number of hydrogen-bond acceptors (Lipinski definition) is 2. The van der Waals surface area contributed by atoms with E-state index in [2.05, 4.69) is 79.7 Å². The third-order valence-electron chi connectivity index (χ3n) is 5.68. The molecule has 0 amide bonds. The van der Waals surface area contributed by atoms with Crippen molar-refractivity contribution in [2.45, 2.75) is 12.0 Å². The number of aliphatic hydroxyl groups excluding tert-OH is 1. The molecule has 1 unspecified atom stereocenters. The fourth-order valence-corrected chi connectivity index (χ4v) is 4.02. The molecular weight excluding hydrogens is 521 g/mol. The summed E-state index contributed by atoms with van der Waals surface area (Å²) in [6.45, 7) is 1.00. The molecule has 0 saturated carbocycles. The Balaban J connectivity index is 0.000000345. The van der Waals surface area contributed by atoms with Gasteiger partial charge in [-0.3, -0.25) is 0 Å². The quantitative estimate of drug-likeness (QED) is 0.290. The molecule has 0 heterocycles. The van der Waals surface area contributed by atoms with E-state index < -0.39 is 6.10 Å². The first-order valence-electron chi connectivity index (χ1n) is 11.3. The van der Waals surface area contributed by atoms with E-state index in [4.69, 9.17) is 0 Å². The van der Waals surface area contributed by atoms with Gasteiger partial charge in [0.2, 0.25) is 0 Å². The standard InChI is InChI=1S/C18H18N.C13H12O.2ClH.Ti/c1-19(2)13-14-7-8-17(11-14)18-10-9-15-5-3-4-6-16(15)12-18;14-13(11-7-3-1-4-8-11)12-9-5-2-6-10-12;;;/h3-11,17H,13H2,1-2H3;1-10,13-14H;2*1H;/q-1;;;;+3/p-2. The van der Waals surface area contributed by atoms with Crippen LogP contribution in [0.3, 0.4) is 0 Å². The summed E-state index contributed by atoms with van der Waals surface area (Å²) in [4.78, 5) is 2.20. The molecule has 5 rings (SSSR count). The third kappa shape index (κ3) is 8.74. The van der Waals surface area contributed by atoms with E-state index in [9.17, 15) is 5.11 Å². The van der Waals surface area contributed by atoms with Crippen LogP contribution in [0.5, 0.6) is 0 Å². The molecular formula is C31H30Cl2NOTi. The normalized spacial score (nSPS) is 13.7. The van der Waals surface area contributed by atoms with Crippen LogP contribution in [0.4, 0.5) is 0 Å². The first-order chi connectivity index (χ1) is 16.1.